The van der Waals surface area contributed by atoms with Crippen LogP contribution < -0.4 is 16.1 Å². The van der Waals surface area contributed by atoms with E-state index in [0.29, 0.717) is 48.4 Å². The number of aromatic nitrogens is 2. The van der Waals surface area contributed by atoms with Crippen molar-refractivity contribution in [1.82, 2.24) is 15.3 Å². The van der Waals surface area contributed by atoms with Gasteiger partial charge in [-0.15, -0.1) is 0 Å². The van der Waals surface area contributed by atoms with E-state index in [1.807, 2.05) is 54.6 Å². The normalized spacial score (nSPS) is 17.1. The minimum absolute atomic E-state index is 0.110. The van der Waals surface area contributed by atoms with E-state index in [9.17, 15) is 9.59 Å². The summed E-state index contributed by atoms with van der Waals surface area (Å²) in [6.07, 6.45) is 4.08. The Morgan fingerprint density at radius 3 is 2.40 bits per heavy atom. The lowest BCUT2D eigenvalue weighted by Gasteiger charge is -2.21. The van der Waals surface area contributed by atoms with Crippen LogP contribution in [0.2, 0.25) is 5.02 Å². The lowest BCUT2D eigenvalue weighted by molar-refractivity contribution is -0.120. The Bertz CT molecular complexity index is 1690. The third kappa shape index (κ3) is 6.18. The average molecular weight is 593 g/mol. The Balaban J connectivity index is 1.43. The predicted molar refractivity (Wildman–Crippen MR) is 166 cm³/mol. The van der Waals surface area contributed by atoms with Crippen LogP contribution in [0, 0.1) is 0 Å². The highest BCUT2D eigenvalue weighted by Crippen LogP contribution is 2.34. The van der Waals surface area contributed by atoms with E-state index in [1.54, 1.807) is 29.3 Å². The first-order valence-electron chi connectivity index (χ1n) is 13.9. The number of carbonyl (C=O) groups excluding carboxylic acids is 2. The molecule has 2 aliphatic heterocycles. The third-order valence-electron chi connectivity index (χ3n) is 7.46. The van der Waals surface area contributed by atoms with E-state index < -0.39 is 17.9 Å². The molecule has 2 amide bonds. The summed E-state index contributed by atoms with van der Waals surface area (Å²) in [5, 5.41) is 10.2. The number of hydrazone groups is 1. The van der Waals surface area contributed by atoms with E-state index in [4.69, 9.17) is 32.2 Å². The highest BCUT2D eigenvalue weighted by molar-refractivity contribution is 6.30. The smallest absolute Gasteiger partial charge is 0.257 e. The van der Waals surface area contributed by atoms with Crippen molar-refractivity contribution < 1.29 is 14.3 Å². The molecule has 0 bridgehead atoms. The summed E-state index contributed by atoms with van der Waals surface area (Å²) in [5.41, 5.74) is 10.2. The maximum atomic E-state index is 13.8. The zero-order chi connectivity index (χ0) is 29.8. The Morgan fingerprint density at radius 2 is 1.72 bits per heavy atom. The van der Waals surface area contributed by atoms with Gasteiger partial charge in [-0.1, -0.05) is 90.5 Å². The van der Waals surface area contributed by atoms with Crippen LogP contribution >= 0.6 is 11.6 Å². The van der Waals surface area contributed by atoms with Crippen molar-refractivity contribution in [3.63, 3.8) is 0 Å². The first-order valence-corrected chi connectivity index (χ1v) is 14.3. The summed E-state index contributed by atoms with van der Waals surface area (Å²) in [4.78, 5) is 35.6. The van der Waals surface area contributed by atoms with Crippen molar-refractivity contribution in [2.24, 2.45) is 10.8 Å². The van der Waals surface area contributed by atoms with Gasteiger partial charge in [0.05, 0.1) is 25.5 Å². The molecule has 10 heteroatoms. The van der Waals surface area contributed by atoms with Gasteiger partial charge in [0, 0.05) is 17.1 Å². The van der Waals surface area contributed by atoms with E-state index in [1.165, 1.54) is 6.20 Å². The minimum Gasteiger partial charge on any atom is -0.377 e. The summed E-state index contributed by atoms with van der Waals surface area (Å²) in [6.45, 7) is 1.45. The van der Waals surface area contributed by atoms with Crippen LogP contribution in [-0.2, 0) is 9.53 Å². The molecule has 0 saturated heterocycles. The van der Waals surface area contributed by atoms with Gasteiger partial charge in [0.1, 0.15) is 11.6 Å². The lowest BCUT2D eigenvalue weighted by atomic mass is 9.90. The molecule has 3 aromatic carbocycles. The van der Waals surface area contributed by atoms with Crippen LogP contribution in [0.1, 0.15) is 51.3 Å². The second kappa shape index (κ2) is 12.6. The van der Waals surface area contributed by atoms with Crippen molar-refractivity contribution in [1.29, 1.82) is 0 Å². The number of anilines is 1. The van der Waals surface area contributed by atoms with E-state index in [-0.39, 0.29) is 11.5 Å². The fourth-order valence-corrected chi connectivity index (χ4v) is 5.38. The van der Waals surface area contributed by atoms with E-state index in [0.717, 1.165) is 22.4 Å². The quantitative estimate of drug-likeness (QED) is 0.300. The summed E-state index contributed by atoms with van der Waals surface area (Å²) in [5.74, 6) is -0.505. The molecule has 4 aromatic rings. The van der Waals surface area contributed by atoms with Crippen molar-refractivity contribution in [3.05, 3.63) is 130 Å². The van der Waals surface area contributed by atoms with Gasteiger partial charge in [0.25, 0.3) is 5.91 Å². The van der Waals surface area contributed by atoms with E-state index in [2.05, 4.69) is 22.4 Å². The molecule has 43 heavy (non-hydrogen) atoms. The number of hydrogen-bond donors (Lipinski definition) is 2. The van der Waals surface area contributed by atoms with Gasteiger partial charge < -0.3 is 15.8 Å². The number of halogens is 1. The lowest BCUT2D eigenvalue weighted by Crippen LogP contribution is -2.38. The standard InChI is InChI=1S/C33H29ClN6O3/c34-25-13-11-23(12-14-25)28-27(21-7-3-1-4-8-21)20-40(39-28)32-26(19-36-31(38-32)24-15-17-43-18-16-24)33(42)37-29(30(35)41)22-9-5-2-6-10-22/h1-15,19,27,29H,16-18,20H2,(H2,35,41)(H,37,42)/t27?,29-/m0/s1. The Kier molecular flexibility index (Phi) is 8.26. The monoisotopic (exact) mass is 592 g/mol. The van der Waals surface area contributed by atoms with Crippen LogP contribution in [0.15, 0.2) is 102 Å². The first-order chi connectivity index (χ1) is 21.0. The molecule has 9 nitrogen and oxygen atoms in total. The number of ether oxygens (including phenoxy) is 1. The van der Waals surface area contributed by atoms with Crippen LogP contribution in [-0.4, -0.2) is 47.3 Å². The zero-order valence-corrected chi connectivity index (χ0v) is 23.9. The fourth-order valence-electron chi connectivity index (χ4n) is 5.25. The van der Waals surface area contributed by atoms with Gasteiger partial charge >= 0.3 is 0 Å². The molecule has 1 aromatic heterocycles. The minimum atomic E-state index is -1.04. The number of nitrogens with one attached hydrogen (secondary N) is 1. The second-order valence-electron chi connectivity index (χ2n) is 10.2. The van der Waals surface area contributed by atoms with Gasteiger partial charge in [0.15, 0.2) is 11.6 Å². The zero-order valence-electron chi connectivity index (χ0n) is 23.2. The second-order valence-corrected chi connectivity index (χ2v) is 10.7. The highest BCUT2D eigenvalue weighted by atomic mass is 35.5. The maximum Gasteiger partial charge on any atom is 0.257 e. The van der Waals surface area contributed by atoms with Crippen molar-refractivity contribution in [3.8, 4) is 0 Å². The summed E-state index contributed by atoms with van der Waals surface area (Å²) in [6, 6.07) is 25.4. The molecule has 2 aliphatic rings. The molecule has 216 valence electrons. The van der Waals surface area contributed by atoms with Gasteiger partial charge in [0.2, 0.25) is 5.91 Å². The molecule has 0 spiro atoms. The molecule has 0 radical (unpaired) electrons. The van der Waals surface area contributed by atoms with Gasteiger partial charge in [-0.3, -0.25) is 9.59 Å². The predicted octanol–water partition coefficient (Wildman–Crippen LogP) is 4.90. The van der Waals surface area contributed by atoms with Gasteiger partial charge in [-0.25, -0.2) is 15.0 Å². The van der Waals surface area contributed by atoms with Crippen molar-refractivity contribution in [2.75, 3.05) is 24.8 Å². The molecule has 0 fully saturated rings. The summed E-state index contributed by atoms with van der Waals surface area (Å²) in [7, 11) is 0. The molecular weight excluding hydrogens is 564 g/mol. The molecule has 3 heterocycles. The fraction of sp³-hybridized carbons (Fsp3) is 0.182. The maximum absolute atomic E-state index is 13.8. The Morgan fingerprint density at radius 1 is 1.00 bits per heavy atom. The molecule has 0 aliphatic carbocycles. The van der Waals surface area contributed by atoms with Crippen molar-refractivity contribution >= 4 is 40.5 Å². The molecule has 6 rings (SSSR count). The number of amides is 2. The first kappa shape index (κ1) is 28.3. The topological polar surface area (TPSA) is 123 Å². The van der Waals surface area contributed by atoms with Crippen LogP contribution in [0.5, 0.6) is 0 Å². The molecule has 3 N–H and O–H groups in total. The average Bonchev–Trinajstić information content (AvgIpc) is 3.50. The number of hydrogen-bond acceptors (Lipinski definition) is 7. The van der Waals surface area contributed by atoms with Crippen molar-refractivity contribution in [2.45, 2.75) is 18.4 Å². The van der Waals surface area contributed by atoms with E-state index >= 15 is 0 Å². The molecule has 2 atom stereocenters. The van der Waals surface area contributed by atoms with Gasteiger partial charge in [-0.2, -0.15) is 5.10 Å². The molecule has 1 unspecified atom stereocenters. The SMILES string of the molecule is NC(=O)[C@@H](NC(=O)c1cnc(C2=CCOCC2)nc1N1CC(c2ccccc2)C(c2ccc(Cl)cc2)=N1)c1ccccc1. The molecular formula is C33H29ClN6O3. The largest absolute Gasteiger partial charge is 0.377 e. The number of nitrogens with zero attached hydrogens (tertiary/aromatic N) is 4. The number of rotatable bonds is 8. The van der Waals surface area contributed by atoms with Crippen LogP contribution in [0.25, 0.3) is 5.57 Å². The summed E-state index contributed by atoms with van der Waals surface area (Å²) >= 11 is 6.19. The van der Waals surface area contributed by atoms with Gasteiger partial charge in [-0.05, 0) is 40.8 Å². The Hall–Kier alpha value is -4.86. The third-order valence-corrected chi connectivity index (χ3v) is 7.71. The van der Waals surface area contributed by atoms with Crippen LogP contribution in [0.4, 0.5) is 5.82 Å². The highest BCUT2D eigenvalue weighted by Gasteiger charge is 2.34. The number of carbonyl (C=O) groups is 2. The number of benzene rings is 3. The Labute approximate surface area is 254 Å². The number of primary amides is 1. The van der Waals surface area contributed by atoms with Crippen LogP contribution in [0.3, 0.4) is 0 Å². The summed E-state index contributed by atoms with van der Waals surface area (Å²) < 4.78 is 5.47. The molecule has 0 saturated carbocycles. The number of nitrogens with two attached hydrogens (primary N) is 1.